The van der Waals surface area contributed by atoms with Gasteiger partial charge in [0.25, 0.3) is 0 Å². The quantitative estimate of drug-likeness (QED) is 0.835. The summed E-state index contributed by atoms with van der Waals surface area (Å²) in [5.74, 6) is -0.113. The van der Waals surface area contributed by atoms with Crippen molar-refractivity contribution < 1.29 is 9.50 Å². The molecule has 0 unspecified atom stereocenters. The lowest BCUT2D eigenvalue weighted by Gasteiger charge is -2.19. The summed E-state index contributed by atoms with van der Waals surface area (Å²) in [6, 6.07) is 3.54. The van der Waals surface area contributed by atoms with Gasteiger partial charge in [0, 0.05) is 5.02 Å². The smallest absolute Gasteiger partial charge is 0.124 e. The van der Waals surface area contributed by atoms with E-state index in [2.05, 4.69) is 0 Å². The zero-order valence-electron chi connectivity index (χ0n) is 8.16. The monoisotopic (exact) mass is 229 g/mol. The van der Waals surface area contributed by atoms with E-state index in [0.29, 0.717) is 5.56 Å². The van der Waals surface area contributed by atoms with E-state index in [-0.39, 0.29) is 10.9 Å². The maximum absolute atomic E-state index is 12.8. The van der Waals surface area contributed by atoms with Crippen LogP contribution in [0.3, 0.4) is 0 Å². The van der Waals surface area contributed by atoms with Crippen LogP contribution < -0.4 is 5.73 Å². The van der Waals surface area contributed by atoms with Gasteiger partial charge in [-0.3, -0.25) is 0 Å². The number of rotatable bonds is 3. The molecule has 0 heterocycles. The number of nitrogens with two attached hydrogens (primary N) is 1. The minimum absolute atomic E-state index is 0.279. The van der Waals surface area contributed by atoms with E-state index < -0.39 is 18.0 Å². The summed E-state index contributed by atoms with van der Waals surface area (Å²) in [5, 5.41) is 10.1. The molecule has 1 aromatic carbocycles. The topological polar surface area (TPSA) is 46.2 Å². The van der Waals surface area contributed by atoms with Crippen LogP contribution in [0.5, 0.6) is 0 Å². The summed E-state index contributed by atoms with van der Waals surface area (Å²) < 4.78 is 12.8. The Labute approximate surface area is 92.9 Å². The second kappa shape index (κ2) is 4.08. The van der Waals surface area contributed by atoms with Crippen LogP contribution in [0.25, 0.3) is 0 Å². The number of hydrogen-bond donors (Lipinski definition) is 2. The van der Waals surface area contributed by atoms with Crippen molar-refractivity contribution >= 4 is 11.6 Å². The van der Waals surface area contributed by atoms with Crippen molar-refractivity contribution in [3.8, 4) is 0 Å². The van der Waals surface area contributed by atoms with Gasteiger partial charge in [0.1, 0.15) is 5.82 Å². The zero-order chi connectivity index (χ0) is 11.0. The van der Waals surface area contributed by atoms with Crippen molar-refractivity contribution in [2.45, 2.75) is 25.0 Å². The van der Waals surface area contributed by atoms with E-state index in [1.165, 1.54) is 18.2 Å². The summed E-state index contributed by atoms with van der Waals surface area (Å²) in [7, 11) is 0. The van der Waals surface area contributed by atoms with E-state index in [0.717, 1.165) is 12.8 Å². The van der Waals surface area contributed by atoms with Crippen molar-refractivity contribution in [1.82, 2.24) is 0 Å². The van der Waals surface area contributed by atoms with Crippen LogP contribution in [0.15, 0.2) is 18.2 Å². The van der Waals surface area contributed by atoms with Gasteiger partial charge >= 0.3 is 0 Å². The van der Waals surface area contributed by atoms with Gasteiger partial charge in [-0.2, -0.15) is 0 Å². The summed E-state index contributed by atoms with van der Waals surface area (Å²) in [6.45, 7) is 0. The Morgan fingerprint density at radius 2 is 2.13 bits per heavy atom. The number of aliphatic hydroxyl groups excluding tert-OH is 1. The molecule has 15 heavy (non-hydrogen) atoms. The number of benzene rings is 1. The molecule has 1 aliphatic rings. The van der Waals surface area contributed by atoms with E-state index in [1.807, 2.05) is 0 Å². The van der Waals surface area contributed by atoms with E-state index >= 15 is 0 Å². The Morgan fingerprint density at radius 1 is 1.47 bits per heavy atom. The number of halogens is 2. The molecular weight excluding hydrogens is 217 g/mol. The third-order valence-electron chi connectivity index (χ3n) is 2.79. The molecule has 0 bridgehead atoms. The highest BCUT2D eigenvalue weighted by Gasteiger charge is 2.34. The van der Waals surface area contributed by atoms with Crippen LogP contribution >= 0.6 is 11.6 Å². The van der Waals surface area contributed by atoms with Crippen molar-refractivity contribution in [3.05, 3.63) is 34.6 Å². The molecule has 0 saturated heterocycles. The van der Waals surface area contributed by atoms with Crippen LogP contribution in [0.1, 0.15) is 24.4 Å². The van der Waals surface area contributed by atoms with Crippen LogP contribution in [-0.4, -0.2) is 11.2 Å². The molecule has 0 aliphatic heterocycles. The van der Waals surface area contributed by atoms with Gasteiger partial charge in [-0.05, 0) is 36.5 Å². The largest absolute Gasteiger partial charge is 0.391 e. The summed E-state index contributed by atoms with van der Waals surface area (Å²) in [4.78, 5) is 0. The zero-order valence-corrected chi connectivity index (χ0v) is 8.91. The fraction of sp³-hybridized carbons (Fsp3) is 0.455. The Kier molecular flexibility index (Phi) is 2.96. The predicted molar refractivity (Wildman–Crippen MR) is 57.1 cm³/mol. The number of aliphatic hydroxyl groups is 1. The molecule has 1 aliphatic carbocycles. The molecule has 3 N–H and O–H groups in total. The molecule has 2 rings (SSSR count). The normalized spacial score (nSPS) is 20.0. The third kappa shape index (κ3) is 2.30. The highest BCUT2D eigenvalue weighted by atomic mass is 35.5. The van der Waals surface area contributed by atoms with Crippen molar-refractivity contribution in [3.63, 3.8) is 0 Å². The standard InChI is InChI=1S/C11H13ClFNO/c12-9-5-7(13)3-4-8(9)10(14)11(15)6-1-2-6/h3-6,10-11,15H,1-2,14H2/t10-,11+/m1/s1. The van der Waals surface area contributed by atoms with E-state index in [4.69, 9.17) is 17.3 Å². The molecule has 2 atom stereocenters. The van der Waals surface area contributed by atoms with Gasteiger partial charge in [-0.15, -0.1) is 0 Å². The van der Waals surface area contributed by atoms with Crippen molar-refractivity contribution in [1.29, 1.82) is 0 Å². The lowest BCUT2D eigenvalue weighted by molar-refractivity contribution is 0.122. The average molecular weight is 230 g/mol. The van der Waals surface area contributed by atoms with Gasteiger partial charge in [-0.1, -0.05) is 17.7 Å². The molecule has 0 radical (unpaired) electrons. The second-order valence-corrected chi connectivity index (χ2v) is 4.43. The van der Waals surface area contributed by atoms with E-state index in [9.17, 15) is 9.50 Å². The summed E-state index contributed by atoms with van der Waals surface area (Å²) in [5.41, 5.74) is 6.48. The van der Waals surface area contributed by atoms with Crippen LogP contribution in [0.2, 0.25) is 5.02 Å². The Morgan fingerprint density at radius 3 is 2.67 bits per heavy atom. The predicted octanol–water partition coefficient (Wildman–Crippen LogP) is 2.25. The first kappa shape index (κ1) is 10.9. The lowest BCUT2D eigenvalue weighted by atomic mass is 9.99. The minimum atomic E-state index is -0.576. The molecule has 0 spiro atoms. The Balaban J connectivity index is 2.20. The first-order chi connectivity index (χ1) is 7.09. The highest BCUT2D eigenvalue weighted by Crippen LogP contribution is 2.38. The Hall–Kier alpha value is -0.640. The van der Waals surface area contributed by atoms with Gasteiger partial charge in [0.2, 0.25) is 0 Å². The van der Waals surface area contributed by atoms with Gasteiger partial charge in [-0.25, -0.2) is 4.39 Å². The van der Waals surface area contributed by atoms with Gasteiger partial charge in [0.15, 0.2) is 0 Å². The lowest BCUT2D eigenvalue weighted by Crippen LogP contribution is -2.28. The summed E-state index contributed by atoms with van der Waals surface area (Å²) in [6.07, 6.45) is 1.44. The second-order valence-electron chi connectivity index (χ2n) is 4.02. The van der Waals surface area contributed by atoms with Crippen LogP contribution in [0, 0.1) is 11.7 Å². The molecule has 1 fully saturated rings. The first-order valence-electron chi connectivity index (χ1n) is 4.98. The average Bonchev–Trinajstić information content (AvgIpc) is 2.99. The number of hydrogen-bond acceptors (Lipinski definition) is 2. The third-order valence-corrected chi connectivity index (χ3v) is 3.12. The minimum Gasteiger partial charge on any atom is -0.391 e. The fourth-order valence-corrected chi connectivity index (χ4v) is 1.98. The maximum atomic E-state index is 12.8. The highest BCUT2D eigenvalue weighted by molar-refractivity contribution is 6.31. The molecule has 82 valence electrons. The Bertz CT molecular complexity index is 368. The molecule has 0 amide bonds. The maximum Gasteiger partial charge on any atom is 0.124 e. The first-order valence-corrected chi connectivity index (χ1v) is 5.36. The molecule has 2 nitrogen and oxygen atoms in total. The van der Waals surface area contributed by atoms with Crippen LogP contribution in [0.4, 0.5) is 4.39 Å². The molecule has 0 aromatic heterocycles. The van der Waals surface area contributed by atoms with Crippen LogP contribution in [-0.2, 0) is 0 Å². The molecular formula is C11H13ClFNO. The van der Waals surface area contributed by atoms with Crippen molar-refractivity contribution in [2.24, 2.45) is 11.7 Å². The molecule has 1 saturated carbocycles. The SMILES string of the molecule is N[C@H](c1ccc(F)cc1Cl)[C@@H](O)C1CC1. The summed E-state index contributed by atoms with van der Waals surface area (Å²) >= 11 is 5.86. The van der Waals surface area contributed by atoms with Crippen molar-refractivity contribution in [2.75, 3.05) is 0 Å². The van der Waals surface area contributed by atoms with Gasteiger partial charge in [0.05, 0.1) is 12.1 Å². The molecule has 1 aromatic rings. The molecule has 4 heteroatoms. The fourth-order valence-electron chi connectivity index (χ4n) is 1.69. The van der Waals surface area contributed by atoms with E-state index in [1.54, 1.807) is 0 Å². The van der Waals surface area contributed by atoms with Gasteiger partial charge < -0.3 is 10.8 Å².